The van der Waals surface area contributed by atoms with Crippen molar-refractivity contribution in [2.24, 2.45) is 0 Å². The molecular weight excluding hydrogens is 229 g/mol. The van der Waals surface area contributed by atoms with E-state index >= 15 is 0 Å². The highest BCUT2D eigenvalue weighted by atomic mass is 19.1. The molecule has 1 saturated heterocycles. The van der Waals surface area contributed by atoms with Crippen LogP contribution in [0.4, 0.5) is 10.2 Å². The molecule has 1 N–H and O–H groups in total. The summed E-state index contributed by atoms with van der Waals surface area (Å²) in [6, 6.07) is 1.61. The van der Waals surface area contributed by atoms with Gasteiger partial charge in [0.15, 0.2) is 0 Å². The lowest BCUT2D eigenvalue weighted by atomic mass is 10.2. The first kappa shape index (κ1) is 13.3. The fourth-order valence-electron chi connectivity index (χ4n) is 2.43. The molecule has 1 aromatic heterocycles. The molecule has 0 spiro atoms. The highest BCUT2D eigenvalue weighted by Gasteiger charge is 2.15. The van der Waals surface area contributed by atoms with Gasteiger partial charge in [0.2, 0.25) is 0 Å². The van der Waals surface area contributed by atoms with Crippen molar-refractivity contribution in [2.45, 2.75) is 39.2 Å². The number of nitrogens with zero attached hydrogens (tertiary/aromatic N) is 2. The zero-order valence-electron chi connectivity index (χ0n) is 11.1. The maximum Gasteiger partial charge on any atom is 0.141 e. The van der Waals surface area contributed by atoms with Crippen LogP contribution >= 0.6 is 0 Å². The van der Waals surface area contributed by atoms with Crippen LogP contribution in [0.15, 0.2) is 12.3 Å². The first-order valence-electron chi connectivity index (χ1n) is 6.91. The van der Waals surface area contributed by atoms with Crippen molar-refractivity contribution in [1.29, 1.82) is 0 Å². The van der Waals surface area contributed by atoms with E-state index in [1.54, 1.807) is 6.07 Å². The van der Waals surface area contributed by atoms with Crippen LogP contribution in [0.3, 0.4) is 0 Å². The molecular formula is C14H22FN3. The standard InChI is InChI=1S/C14H22FN3/c1-2-16-10-12-9-13(15)11-17-14(12)18-7-5-3-4-6-8-18/h9,11,16H,2-8,10H2,1H3. The predicted octanol–water partition coefficient (Wildman–Crippen LogP) is 2.71. The fraction of sp³-hybridized carbons (Fsp3) is 0.643. The van der Waals surface area contributed by atoms with Gasteiger partial charge in [0.1, 0.15) is 11.6 Å². The fourth-order valence-corrected chi connectivity index (χ4v) is 2.43. The minimum absolute atomic E-state index is 0.249. The van der Waals surface area contributed by atoms with Gasteiger partial charge in [-0.1, -0.05) is 19.8 Å². The van der Waals surface area contributed by atoms with Crippen LogP contribution in [0, 0.1) is 5.82 Å². The van der Waals surface area contributed by atoms with Gasteiger partial charge in [-0.05, 0) is 25.5 Å². The molecule has 0 aliphatic carbocycles. The van der Waals surface area contributed by atoms with E-state index in [4.69, 9.17) is 0 Å². The monoisotopic (exact) mass is 251 g/mol. The number of hydrogen-bond donors (Lipinski definition) is 1. The van der Waals surface area contributed by atoms with Crippen molar-refractivity contribution in [3.63, 3.8) is 0 Å². The van der Waals surface area contributed by atoms with Crippen molar-refractivity contribution in [3.05, 3.63) is 23.6 Å². The van der Waals surface area contributed by atoms with E-state index in [2.05, 4.69) is 22.1 Å². The first-order chi connectivity index (χ1) is 8.81. The van der Waals surface area contributed by atoms with Crippen molar-refractivity contribution >= 4 is 5.82 Å². The van der Waals surface area contributed by atoms with Crippen molar-refractivity contribution in [2.75, 3.05) is 24.5 Å². The van der Waals surface area contributed by atoms with Gasteiger partial charge in [0.25, 0.3) is 0 Å². The third kappa shape index (κ3) is 3.42. The van der Waals surface area contributed by atoms with Crippen molar-refractivity contribution < 1.29 is 4.39 Å². The van der Waals surface area contributed by atoms with Gasteiger partial charge in [-0.15, -0.1) is 0 Å². The van der Waals surface area contributed by atoms with Crippen LogP contribution in [0.25, 0.3) is 0 Å². The predicted molar refractivity (Wildman–Crippen MR) is 72.3 cm³/mol. The van der Waals surface area contributed by atoms with Gasteiger partial charge in [0.05, 0.1) is 6.20 Å². The third-order valence-corrected chi connectivity index (χ3v) is 3.38. The van der Waals surface area contributed by atoms with Gasteiger partial charge >= 0.3 is 0 Å². The molecule has 2 heterocycles. The molecule has 18 heavy (non-hydrogen) atoms. The highest BCUT2D eigenvalue weighted by Crippen LogP contribution is 2.22. The van der Waals surface area contributed by atoms with E-state index in [-0.39, 0.29) is 5.82 Å². The summed E-state index contributed by atoms with van der Waals surface area (Å²) in [4.78, 5) is 6.61. The number of rotatable bonds is 4. The molecule has 0 unspecified atom stereocenters. The zero-order valence-corrected chi connectivity index (χ0v) is 11.1. The molecule has 1 aliphatic heterocycles. The van der Waals surface area contributed by atoms with E-state index in [0.717, 1.165) is 31.0 Å². The Morgan fingerprint density at radius 3 is 2.67 bits per heavy atom. The molecule has 0 amide bonds. The molecule has 0 radical (unpaired) electrons. The topological polar surface area (TPSA) is 28.2 Å². The van der Waals surface area contributed by atoms with E-state index in [1.807, 2.05) is 0 Å². The van der Waals surface area contributed by atoms with Crippen LogP contribution in [0.1, 0.15) is 38.2 Å². The lowest BCUT2D eigenvalue weighted by Crippen LogP contribution is -2.27. The number of nitrogens with one attached hydrogen (secondary N) is 1. The SMILES string of the molecule is CCNCc1cc(F)cnc1N1CCCCCC1. The minimum atomic E-state index is -0.249. The van der Waals surface area contributed by atoms with Crippen LogP contribution in [0.2, 0.25) is 0 Å². The highest BCUT2D eigenvalue weighted by molar-refractivity contribution is 5.47. The molecule has 1 aliphatic rings. The van der Waals surface area contributed by atoms with Crippen LogP contribution < -0.4 is 10.2 Å². The summed E-state index contributed by atoms with van der Waals surface area (Å²) in [5.74, 6) is 0.709. The van der Waals surface area contributed by atoms with Gasteiger partial charge in [-0.2, -0.15) is 0 Å². The van der Waals surface area contributed by atoms with Crippen molar-refractivity contribution in [3.8, 4) is 0 Å². The quantitative estimate of drug-likeness (QED) is 0.892. The molecule has 1 aromatic rings. The average molecular weight is 251 g/mol. The molecule has 0 atom stereocenters. The molecule has 2 rings (SSSR count). The van der Waals surface area contributed by atoms with Gasteiger partial charge in [-0.25, -0.2) is 9.37 Å². The summed E-state index contributed by atoms with van der Waals surface area (Å²) >= 11 is 0. The minimum Gasteiger partial charge on any atom is -0.356 e. The first-order valence-corrected chi connectivity index (χ1v) is 6.91. The Hall–Kier alpha value is -1.16. The Morgan fingerprint density at radius 1 is 1.28 bits per heavy atom. The molecule has 0 bridgehead atoms. The lowest BCUT2D eigenvalue weighted by Gasteiger charge is -2.24. The summed E-state index contributed by atoms with van der Waals surface area (Å²) in [5, 5.41) is 3.25. The number of aromatic nitrogens is 1. The Labute approximate surface area is 108 Å². The lowest BCUT2D eigenvalue weighted by molar-refractivity contribution is 0.612. The summed E-state index contributed by atoms with van der Waals surface area (Å²) in [7, 11) is 0. The summed E-state index contributed by atoms with van der Waals surface area (Å²) in [5.41, 5.74) is 0.971. The number of anilines is 1. The second kappa shape index (κ2) is 6.69. The Bertz CT molecular complexity index is 373. The van der Waals surface area contributed by atoms with Crippen molar-refractivity contribution in [1.82, 2.24) is 10.3 Å². The molecule has 1 fully saturated rings. The average Bonchev–Trinajstić information content (AvgIpc) is 2.65. The summed E-state index contributed by atoms with van der Waals surface area (Å²) < 4.78 is 13.3. The molecule has 100 valence electrons. The second-order valence-corrected chi connectivity index (χ2v) is 4.82. The number of hydrogen-bond acceptors (Lipinski definition) is 3. The van der Waals surface area contributed by atoms with E-state index in [1.165, 1.54) is 31.9 Å². The van der Waals surface area contributed by atoms with E-state index < -0.39 is 0 Å². The smallest absolute Gasteiger partial charge is 0.141 e. The second-order valence-electron chi connectivity index (χ2n) is 4.82. The van der Waals surface area contributed by atoms with Gasteiger partial charge in [-0.3, -0.25) is 0 Å². The van der Waals surface area contributed by atoms with E-state index in [0.29, 0.717) is 6.54 Å². The van der Waals surface area contributed by atoms with E-state index in [9.17, 15) is 4.39 Å². The Kier molecular flexibility index (Phi) is 4.93. The van der Waals surface area contributed by atoms with Gasteiger partial charge < -0.3 is 10.2 Å². The third-order valence-electron chi connectivity index (χ3n) is 3.38. The Morgan fingerprint density at radius 2 is 2.00 bits per heavy atom. The zero-order chi connectivity index (χ0) is 12.8. The van der Waals surface area contributed by atoms with Crippen LogP contribution in [-0.4, -0.2) is 24.6 Å². The maximum atomic E-state index is 13.3. The normalized spacial score (nSPS) is 16.7. The molecule has 0 saturated carbocycles. The number of halogens is 1. The largest absolute Gasteiger partial charge is 0.356 e. The molecule has 4 heteroatoms. The number of pyridine rings is 1. The molecule has 0 aromatic carbocycles. The van der Waals surface area contributed by atoms with Gasteiger partial charge in [0, 0.05) is 25.2 Å². The Balaban J connectivity index is 2.18. The van der Waals surface area contributed by atoms with Crippen LogP contribution in [0.5, 0.6) is 0 Å². The summed E-state index contributed by atoms with van der Waals surface area (Å²) in [6.07, 6.45) is 6.33. The van der Waals surface area contributed by atoms with Crippen LogP contribution in [-0.2, 0) is 6.54 Å². The molecule has 3 nitrogen and oxygen atoms in total. The maximum absolute atomic E-state index is 13.3. The summed E-state index contributed by atoms with van der Waals surface area (Å²) in [6.45, 7) is 5.71.